The summed E-state index contributed by atoms with van der Waals surface area (Å²) < 4.78 is 7.53. The minimum absolute atomic E-state index is 0.210. The van der Waals surface area contributed by atoms with E-state index in [1.807, 2.05) is 60.2 Å². The first-order valence-corrected chi connectivity index (χ1v) is 9.11. The van der Waals surface area contributed by atoms with Gasteiger partial charge in [-0.1, -0.05) is 24.3 Å². The first-order valence-electron chi connectivity index (χ1n) is 9.11. The number of amides is 1. The average Bonchev–Trinajstić information content (AvgIpc) is 3.19. The van der Waals surface area contributed by atoms with Crippen molar-refractivity contribution < 1.29 is 9.53 Å². The molecule has 0 atom stereocenters. The third-order valence-corrected chi connectivity index (χ3v) is 4.30. The molecule has 3 heterocycles. The summed E-state index contributed by atoms with van der Waals surface area (Å²) in [5.41, 5.74) is 1.36. The Balaban J connectivity index is 1.34. The van der Waals surface area contributed by atoms with Crippen LogP contribution in [0.3, 0.4) is 0 Å². The molecule has 4 rings (SSSR count). The standard InChI is InChI=1S/C22H19N5O2/c1-16-23-11-12-27(16)20-9-7-17(13-24-20)14-26-22(28)18-8-10-21(25-15-18)29-19-5-3-2-4-6-19/h2-13,15H,14H2,1H3,(H,26,28). The van der Waals surface area contributed by atoms with Crippen molar-refractivity contribution in [3.63, 3.8) is 0 Å². The Morgan fingerprint density at radius 2 is 1.86 bits per heavy atom. The van der Waals surface area contributed by atoms with Crippen molar-refractivity contribution in [3.05, 3.63) is 96.3 Å². The molecule has 0 aliphatic carbocycles. The molecule has 29 heavy (non-hydrogen) atoms. The van der Waals surface area contributed by atoms with Crippen LogP contribution in [-0.4, -0.2) is 25.4 Å². The van der Waals surface area contributed by atoms with Crippen LogP contribution in [0.1, 0.15) is 21.7 Å². The number of hydrogen-bond acceptors (Lipinski definition) is 5. The van der Waals surface area contributed by atoms with Crippen molar-refractivity contribution in [3.8, 4) is 17.4 Å². The minimum Gasteiger partial charge on any atom is -0.439 e. The van der Waals surface area contributed by atoms with Crippen molar-refractivity contribution in [2.75, 3.05) is 0 Å². The Hall–Kier alpha value is -4.00. The van der Waals surface area contributed by atoms with Crippen LogP contribution in [0.2, 0.25) is 0 Å². The zero-order chi connectivity index (χ0) is 20.1. The van der Waals surface area contributed by atoms with Gasteiger partial charge in [0.1, 0.15) is 17.4 Å². The van der Waals surface area contributed by atoms with E-state index in [4.69, 9.17) is 4.74 Å². The van der Waals surface area contributed by atoms with Crippen molar-refractivity contribution in [2.45, 2.75) is 13.5 Å². The van der Waals surface area contributed by atoms with Gasteiger partial charge in [-0.3, -0.25) is 9.36 Å². The second kappa shape index (κ2) is 8.35. The van der Waals surface area contributed by atoms with Crippen molar-refractivity contribution in [1.82, 2.24) is 24.8 Å². The molecule has 0 saturated heterocycles. The number of aryl methyl sites for hydroxylation is 1. The molecule has 144 valence electrons. The van der Waals surface area contributed by atoms with E-state index in [0.717, 1.165) is 17.2 Å². The molecule has 1 N–H and O–H groups in total. The molecule has 0 saturated carbocycles. The van der Waals surface area contributed by atoms with Gasteiger partial charge in [0.25, 0.3) is 5.91 Å². The zero-order valence-corrected chi connectivity index (χ0v) is 15.8. The minimum atomic E-state index is -0.210. The number of ether oxygens (including phenoxy) is 1. The van der Waals surface area contributed by atoms with Gasteiger partial charge in [-0.05, 0) is 36.8 Å². The molecular weight excluding hydrogens is 366 g/mol. The van der Waals surface area contributed by atoms with E-state index < -0.39 is 0 Å². The summed E-state index contributed by atoms with van der Waals surface area (Å²) in [6, 6.07) is 16.5. The Morgan fingerprint density at radius 3 is 2.52 bits per heavy atom. The Labute approximate surface area is 168 Å². The largest absolute Gasteiger partial charge is 0.439 e. The highest BCUT2D eigenvalue weighted by Gasteiger charge is 2.08. The first kappa shape index (κ1) is 18.4. The van der Waals surface area contributed by atoms with Gasteiger partial charge in [-0.2, -0.15) is 0 Å². The van der Waals surface area contributed by atoms with Gasteiger partial charge < -0.3 is 10.1 Å². The van der Waals surface area contributed by atoms with E-state index in [1.165, 1.54) is 6.20 Å². The second-order valence-corrected chi connectivity index (χ2v) is 6.35. The quantitative estimate of drug-likeness (QED) is 0.547. The topological polar surface area (TPSA) is 81.9 Å². The lowest BCUT2D eigenvalue weighted by Gasteiger charge is -2.08. The number of aromatic nitrogens is 4. The summed E-state index contributed by atoms with van der Waals surface area (Å²) in [6.07, 6.45) is 6.83. The number of imidazole rings is 1. The molecule has 7 heteroatoms. The number of para-hydroxylation sites is 1. The molecular formula is C22H19N5O2. The summed E-state index contributed by atoms with van der Waals surface area (Å²) in [6.45, 7) is 2.29. The lowest BCUT2D eigenvalue weighted by Crippen LogP contribution is -2.23. The predicted molar refractivity (Wildman–Crippen MR) is 108 cm³/mol. The van der Waals surface area contributed by atoms with E-state index >= 15 is 0 Å². The van der Waals surface area contributed by atoms with E-state index in [0.29, 0.717) is 23.7 Å². The van der Waals surface area contributed by atoms with Gasteiger partial charge in [0, 0.05) is 37.4 Å². The van der Waals surface area contributed by atoms with Gasteiger partial charge in [0.05, 0.1) is 5.56 Å². The van der Waals surface area contributed by atoms with Gasteiger partial charge in [-0.25, -0.2) is 15.0 Å². The summed E-state index contributed by atoms with van der Waals surface area (Å²) in [5, 5.41) is 2.87. The summed E-state index contributed by atoms with van der Waals surface area (Å²) >= 11 is 0. The summed E-state index contributed by atoms with van der Waals surface area (Å²) in [7, 11) is 0. The monoisotopic (exact) mass is 385 g/mol. The first-order chi connectivity index (χ1) is 14.2. The Kier molecular flexibility index (Phi) is 5.29. The molecule has 0 spiro atoms. The van der Waals surface area contributed by atoms with Crippen molar-refractivity contribution in [1.29, 1.82) is 0 Å². The van der Waals surface area contributed by atoms with E-state index in [-0.39, 0.29) is 5.91 Å². The SMILES string of the molecule is Cc1nccn1-c1ccc(CNC(=O)c2ccc(Oc3ccccc3)nc2)cn1. The fourth-order valence-electron chi connectivity index (χ4n) is 2.75. The van der Waals surface area contributed by atoms with Crippen LogP contribution in [0.5, 0.6) is 11.6 Å². The van der Waals surface area contributed by atoms with E-state index in [2.05, 4.69) is 20.3 Å². The number of hydrogen-bond donors (Lipinski definition) is 1. The van der Waals surface area contributed by atoms with Crippen molar-refractivity contribution >= 4 is 5.91 Å². The van der Waals surface area contributed by atoms with Crippen LogP contribution in [0, 0.1) is 6.92 Å². The summed E-state index contributed by atoms with van der Waals surface area (Å²) in [4.78, 5) is 25.2. The van der Waals surface area contributed by atoms with E-state index in [1.54, 1.807) is 24.5 Å². The molecule has 0 radical (unpaired) electrons. The second-order valence-electron chi connectivity index (χ2n) is 6.35. The molecule has 3 aromatic heterocycles. The van der Waals surface area contributed by atoms with Gasteiger partial charge in [0.15, 0.2) is 0 Å². The number of carbonyl (C=O) groups is 1. The van der Waals surface area contributed by atoms with Gasteiger partial charge in [-0.15, -0.1) is 0 Å². The number of pyridine rings is 2. The van der Waals surface area contributed by atoms with Crippen LogP contribution in [0.4, 0.5) is 0 Å². The molecule has 1 aromatic carbocycles. The Morgan fingerprint density at radius 1 is 1.00 bits per heavy atom. The van der Waals surface area contributed by atoms with Crippen molar-refractivity contribution in [2.24, 2.45) is 0 Å². The number of benzene rings is 1. The maximum absolute atomic E-state index is 12.4. The number of carbonyl (C=O) groups excluding carboxylic acids is 1. The highest BCUT2D eigenvalue weighted by molar-refractivity contribution is 5.93. The number of nitrogens with one attached hydrogen (secondary N) is 1. The maximum Gasteiger partial charge on any atom is 0.253 e. The lowest BCUT2D eigenvalue weighted by atomic mass is 10.2. The third-order valence-electron chi connectivity index (χ3n) is 4.30. The van der Waals surface area contributed by atoms with Crippen LogP contribution in [0.15, 0.2) is 79.4 Å². The zero-order valence-electron chi connectivity index (χ0n) is 15.8. The molecule has 0 bridgehead atoms. The number of nitrogens with zero attached hydrogens (tertiary/aromatic N) is 4. The third kappa shape index (κ3) is 4.47. The normalized spacial score (nSPS) is 10.5. The summed E-state index contributed by atoms with van der Waals surface area (Å²) in [5.74, 6) is 2.57. The van der Waals surface area contributed by atoms with Crippen LogP contribution in [0.25, 0.3) is 5.82 Å². The lowest BCUT2D eigenvalue weighted by molar-refractivity contribution is 0.0950. The molecule has 7 nitrogen and oxygen atoms in total. The van der Waals surface area contributed by atoms with Crippen LogP contribution >= 0.6 is 0 Å². The molecule has 0 unspecified atom stereocenters. The fraction of sp³-hybridized carbons (Fsp3) is 0.0909. The fourth-order valence-corrected chi connectivity index (χ4v) is 2.75. The van der Waals surface area contributed by atoms with Gasteiger partial charge in [0.2, 0.25) is 5.88 Å². The van der Waals surface area contributed by atoms with Crippen LogP contribution in [-0.2, 0) is 6.54 Å². The molecule has 0 aliphatic heterocycles. The van der Waals surface area contributed by atoms with Gasteiger partial charge >= 0.3 is 0 Å². The maximum atomic E-state index is 12.4. The van der Waals surface area contributed by atoms with E-state index in [9.17, 15) is 4.79 Å². The predicted octanol–water partition coefficient (Wildman–Crippen LogP) is 3.69. The van der Waals surface area contributed by atoms with Crippen LogP contribution < -0.4 is 10.1 Å². The molecule has 0 aliphatic rings. The smallest absolute Gasteiger partial charge is 0.253 e. The highest BCUT2D eigenvalue weighted by atomic mass is 16.5. The average molecular weight is 385 g/mol. The molecule has 1 amide bonds. The molecule has 4 aromatic rings. The highest BCUT2D eigenvalue weighted by Crippen LogP contribution is 2.18. The number of rotatable bonds is 6. The Bertz CT molecular complexity index is 1090. The molecule has 0 fully saturated rings.